The predicted octanol–water partition coefficient (Wildman–Crippen LogP) is 2.91. The van der Waals surface area contributed by atoms with E-state index in [0.717, 1.165) is 0 Å². The number of pyridine rings is 1. The van der Waals surface area contributed by atoms with Crippen LogP contribution in [0.2, 0.25) is 0 Å². The Labute approximate surface area is 99.3 Å². The number of benzene rings is 1. The van der Waals surface area contributed by atoms with Crippen LogP contribution in [0.15, 0.2) is 28.9 Å². The lowest BCUT2D eigenvalue weighted by atomic mass is 10.2. The summed E-state index contributed by atoms with van der Waals surface area (Å²) < 4.78 is 5.56. The van der Waals surface area contributed by atoms with Crippen LogP contribution in [0.4, 0.5) is 5.69 Å². The zero-order valence-corrected chi connectivity index (χ0v) is 9.89. The highest BCUT2D eigenvalue weighted by Gasteiger charge is 2.15. The lowest BCUT2D eigenvalue weighted by Crippen LogP contribution is -1.94. The summed E-state index contributed by atoms with van der Waals surface area (Å²) in [5.41, 5.74) is 0.288. The summed E-state index contributed by atoms with van der Waals surface area (Å²) in [6, 6.07) is 6.55. The molecule has 0 fully saturated rings. The van der Waals surface area contributed by atoms with Crippen LogP contribution in [0, 0.1) is 10.1 Å². The Morgan fingerprint density at radius 1 is 1.44 bits per heavy atom. The molecule has 1 aromatic heterocycles. The summed E-state index contributed by atoms with van der Waals surface area (Å²) in [5, 5.41) is 11.6. The minimum atomic E-state index is -0.468. The summed E-state index contributed by atoms with van der Waals surface area (Å²) in [7, 11) is 1.47. The Bertz CT molecular complexity index is 571. The summed E-state index contributed by atoms with van der Waals surface area (Å²) >= 11 is 3.19. The molecule has 2 aromatic rings. The molecule has 0 N–H and O–H groups in total. The average molecular weight is 283 g/mol. The number of fused-ring (bicyclic) bond motifs is 1. The van der Waals surface area contributed by atoms with Gasteiger partial charge in [-0.15, -0.1) is 0 Å². The largest absolute Gasteiger partial charge is 0.496 e. The molecule has 6 heteroatoms. The zero-order valence-electron chi connectivity index (χ0n) is 8.31. The number of rotatable bonds is 2. The van der Waals surface area contributed by atoms with E-state index in [-0.39, 0.29) is 5.69 Å². The fraction of sp³-hybridized carbons (Fsp3) is 0.100. The molecule has 1 aromatic carbocycles. The van der Waals surface area contributed by atoms with Crippen LogP contribution in [0.5, 0.6) is 5.75 Å². The number of non-ortho nitro benzene ring substituents is 1. The second-order valence-corrected chi connectivity index (χ2v) is 3.92. The van der Waals surface area contributed by atoms with Gasteiger partial charge in [0, 0.05) is 5.39 Å². The maximum atomic E-state index is 10.9. The molecule has 0 bridgehead atoms. The fourth-order valence-corrected chi connectivity index (χ4v) is 1.73. The van der Waals surface area contributed by atoms with Crippen molar-refractivity contribution in [2.24, 2.45) is 0 Å². The molecule has 0 spiro atoms. The van der Waals surface area contributed by atoms with Crippen molar-refractivity contribution in [1.82, 2.24) is 4.98 Å². The average Bonchev–Trinajstić information content (AvgIpc) is 2.27. The summed E-state index contributed by atoms with van der Waals surface area (Å²) in [6.45, 7) is 0. The van der Waals surface area contributed by atoms with Crippen LogP contribution in [-0.4, -0.2) is 17.0 Å². The Balaban J connectivity index is 2.82. The van der Waals surface area contributed by atoms with E-state index in [1.807, 2.05) is 0 Å². The molecule has 5 nitrogen and oxygen atoms in total. The van der Waals surface area contributed by atoms with E-state index >= 15 is 0 Å². The molecular weight excluding hydrogens is 276 g/mol. The smallest absolute Gasteiger partial charge is 0.299 e. The van der Waals surface area contributed by atoms with Gasteiger partial charge in [-0.25, -0.2) is 4.98 Å². The van der Waals surface area contributed by atoms with E-state index in [1.54, 1.807) is 18.2 Å². The standard InChI is InChI=1S/C10H7BrN2O3/c1-16-7-4-6-2-3-9(11)12-10(6)8(5-7)13(14)15/h2-5H,1H3. The third kappa shape index (κ3) is 1.83. The minimum absolute atomic E-state index is 0.0596. The molecular formula is C10H7BrN2O3. The minimum Gasteiger partial charge on any atom is -0.496 e. The number of nitro benzene ring substituents is 1. The molecule has 0 amide bonds. The van der Waals surface area contributed by atoms with Crippen molar-refractivity contribution in [3.8, 4) is 5.75 Å². The number of aromatic nitrogens is 1. The number of nitro groups is 1. The van der Waals surface area contributed by atoms with E-state index in [1.165, 1.54) is 13.2 Å². The van der Waals surface area contributed by atoms with E-state index < -0.39 is 4.92 Å². The highest BCUT2D eigenvalue weighted by Crippen LogP contribution is 2.30. The first-order valence-electron chi connectivity index (χ1n) is 4.40. The summed E-state index contributed by atoms with van der Waals surface area (Å²) in [5.74, 6) is 0.448. The highest BCUT2D eigenvalue weighted by molar-refractivity contribution is 9.10. The summed E-state index contributed by atoms with van der Waals surface area (Å²) in [4.78, 5) is 14.5. The molecule has 82 valence electrons. The van der Waals surface area contributed by atoms with Crippen LogP contribution in [-0.2, 0) is 0 Å². The lowest BCUT2D eigenvalue weighted by molar-refractivity contribution is -0.383. The fourth-order valence-electron chi connectivity index (χ4n) is 1.42. The molecule has 0 aliphatic carbocycles. The Morgan fingerprint density at radius 3 is 2.81 bits per heavy atom. The van der Waals surface area contributed by atoms with Crippen molar-refractivity contribution in [3.63, 3.8) is 0 Å². The third-order valence-electron chi connectivity index (χ3n) is 2.14. The normalized spacial score (nSPS) is 10.4. The van der Waals surface area contributed by atoms with Crippen LogP contribution in [0.3, 0.4) is 0 Å². The predicted molar refractivity (Wildman–Crippen MR) is 62.6 cm³/mol. The van der Waals surface area contributed by atoms with E-state index in [9.17, 15) is 10.1 Å². The Kier molecular flexibility index (Phi) is 2.74. The van der Waals surface area contributed by atoms with E-state index in [2.05, 4.69) is 20.9 Å². The topological polar surface area (TPSA) is 65.3 Å². The van der Waals surface area contributed by atoms with Crippen LogP contribution in [0.25, 0.3) is 10.9 Å². The molecule has 16 heavy (non-hydrogen) atoms. The van der Waals surface area contributed by atoms with Gasteiger partial charge in [0.25, 0.3) is 5.69 Å². The maximum Gasteiger partial charge on any atom is 0.299 e. The maximum absolute atomic E-state index is 10.9. The first-order chi connectivity index (χ1) is 7.61. The van der Waals surface area contributed by atoms with Gasteiger partial charge in [0.15, 0.2) is 0 Å². The molecule has 0 aliphatic rings. The van der Waals surface area contributed by atoms with Gasteiger partial charge >= 0.3 is 0 Å². The molecule has 0 unspecified atom stereocenters. The van der Waals surface area contributed by atoms with Gasteiger partial charge in [0.2, 0.25) is 0 Å². The van der Waals surface area contributed by atoms with Crippen LogP contribution < -0.4 is 4.74 Å². The number of ether oxygens (including phenoxy) is 1. The second kappa shape index (κ2) is 4.05. The number of hydrogen-bond acceptors (Lipinski definition) is 4. The number of hydrogen-bond donors (Lipinski definition) is 0. The van der Waals surface area contributed by atoms with Gasteiger partial charge in [-0.2, -0.15) is 0 Å². The van der Waals surface area contributed by atoms with Gasteiger partial charge in [-0.3, -0.25) is 10.1 Å². The van der Waals surface area contributed by atoms with Gasteiger partial charge < -0.3 is 4.74 Å². The molecule has 0 saturated carbocycles. The van der Waals surface area contributed by atoms with Crippen LogP contribution in [0.1, 0.15) is 0 Å². The lowest BCUT2D eigenvalue weighted by Gasteiger charge is -2.03. The van der Waals surface area contributed by atoms with E-state index in [4.69, 9.17) is 4.74 Å². The molecule has 2 rings (SSSR count). The second-order valence-electron chi connectivity index (χ2n) is 3.11. The van der Waals surface area contributed by atoms with Crippen molar-refractivity contribution in [2.75, 3.05) is 7.11 Å². The Morgan fingerprint density at radius 2 is 2.19 bits per heavy atom. The first kappa shape index (κ1) is 10.8. The number of nitrogens with zero attached hydrogens (tertiary/aromatic N) is 2. The molecule has 0 radical (unpaired) electrons. The monoisotopic (exact) mass is 282 g/mol. The van der Waals surface area contributed by atoms with Crippen molar-refractivity contribution in [2.45, 2.75) is 0 Å². The van der Waals surface area contributed by atoms with Crippen molar-refractivity contribution < 1.29 is 9.66 Å². The van der Waals surface area contributed by atoms with Crippen LogP contribution >= 0.6 is 15.9 Å². The quantitative estimate of drug-likeness (QED) is 0.483. The van der Waals surface area contributed by atoms with Gasteiger partial charge in [-0.1, -0.05) is 0 Å². The van der Waals surface area contributed by atoms with Gasteiger partial charge in [-0.05, 0) is 34.1 Å². The number of halogens is 1. The molecule has 0 saturated heterocycles. The highest BCUT2D eigenvalue weighted by atomic mass is 79.9. The van der Waals surface area contributed by atoms with Crippen molar-refractivity contribution >= 4 is 32.5 Å². The molecule has 0 aliphatic heterocycles. The molecule has 1 heterocycles. The van der Waals surface area contributed by atoms with Crippen molar-refractivity contribution in [3.05, 3.63) is 39.0 Å². The van der Waals surface area contributed by atoms with Gasteiger partial charge in [0.1, 0.15) is 15.9 Å². The SMILES string of the molecule is COc1cc([N+](=O)[O-])c2nc(Br)ccc2c1. The van der Waals surface area contributed by atoms with E-state index in [0.29, 0.717) is 21.3 Å². The Hall–Kier alpha value is -1.69. The summed E-state index contributed by atoms with van der Waals surface area (Å²) in [6.07, 6.45) is 0. The number of methoxy groups -OCH3 is 1. The zero-order chi connectivity index (χ0) is 11.7. The third-order valence-corrected chi connectivity index (χ3v) is 2.59. The first-order valence-corrected chi connectivity index (χ1v) is 5.20. The van der Waals surface area contributed by atoms with Gasteiger partial charge in [0.05, 0.1) is 18.1 Å². The van der Waals surface area contributed by atoms with Crippen molar-refractivity contribution in [1.29, 1.82) is 0 Å². The molecule has 0 atom stereocenters.